The molecule has 23 heavy (non-hydrogen) atoms. The van der Waals surface area contributed by atoms with E-state index in [-0.39, 0.29) is 11.3 Å². The molecule has 2 aromatic rings. The number of aromatic carboxylic acids is 1. The molecular formula is C19H25ClO3. The molecule has 0 saturated carbocycles. The number of hydrogen-bond acceptors (Lipinski definition) is 2. The average Bonchev–Trinajstić information content (AvgIpc) is 2.55. The molecule has 126 valence electrons. The second kappa shape index (κ2) is 13.6. The Morgan fingerprint density at radius 2 is 1.70 bits per heavy atom. The van der Waals surface area contributed by atoms with E-state index in [4.69, 9.17) is 21.8 Å². The molecule has 0 aliphatic heterocycles. The van der Waals surface area contributed by atoms with E-state index in [2.05, 4.69) is 26.0 Å². The molecule has 0 radical (unpaired) electrons. The van der Waals surface area contributed by atoms with Gasteiger partial charge in [0.25, 0.3) is 0 Å². The summed E-state index contributed by atoms with van der Waals surface area (Å²) in [6.07, 6.45) is 3.73. The topological polar surface area (TPSA) is 57.5 Å². The van der Waals surface area contributed by atoms with Crippen molar-refractivity contribution >= 4 is 17.6 Å². The van der Waals surface area contributed by atoms with Crippen molar-refractivity contribution in [2.75, 3.05) is 5.88 Å². The van der Waals surface area contributed by atoms with Crippen molar-refractivity contribution in [1.82, 2.24) is 0 Å². The Morgan fingerprint density at radius 3 is 2.00 bits per heavy atom. The number of phenols is 1. The molecule has 0 fully saturated rings. The fraction of sp³-hybridized carbons (Fsp3) is 0.316. The third-order valence-electron chi connectivity index (χ3n) is 2.77. The molecule has 0 heterocycles. The van der Waals surface area contributed by atoms with Crippen LogP contribution in [0.3, 0.4) is 0 Å². The predicted molar refractivity (Wildman–Crippen MR) is 96.5 cm³/mol. The molecule has 0 spiro atoms. The third kappa shape index (κ3) is 12.2. The van der Waals surface area contributed by atoms with Gasteiger partial charge in [0.05, 0.1) is 5.56 Å². The van der Waals surface area contributed by atoms with E-state index in [0.29, 0.717) is 0 Å². The van der Waals surface area contributed by atoms with E-state index in [0.717, 1.165) is 5.88 Å². The van der Waals surface area contributed by atoms with Crippen LogP contribution in [0.5, 0.6) is 5.75 Å². The number of halogens is 1. The lowest BCUT2D eigenvalue weighted by Crippen LogP contribution is -1.94. The zero-order chi connectivity index (χ0) is 17.5. The van der Waals surface area contributed by atoms with Crippen molar-refractivity contribution in [3.63, 3.8) is 0 Å². The fourth-order valence-corrected chi connectivity index (χ4v) is 1.71. The van der Waals surface area contributed by atoms with Gasteiger partial charge < -0.3 is 10.2 Å². The maximum Gasteiger partial charge on any atom is 0.335 e. The van der Waals surface area contributed by atoms with Crippen LogP contribution in [0.1, 0.15) is 42.1 Å². The normalized spacial score (nSPS) is 9.00. The van der Waals surface area contributed by atoms with Gasteiger partial charge in [0.15, 0.2) is 0 Å². The summed E-state index contributed by atoms with van der Waals surface area (Å²) < 4.78 is 0. The van der Waals surface area contributed by atoms with Crippen LogP contribution < -0.4 is 0 Å². The number of phenolic OH excluding ortho intramolecular Hbond substituents is 1. The fourth-order valence-electron chi connectivity index (χ4n) is 1.52. The number of carboxylic acids is 1. The highest BCUT2D eigenvalue weighted by molar-refractivity contribution is 6.17. The van der Waals surface area contributed by atoms with Gasteiger partial charge in [0.2, 0.25) is 0 Å². The molecule has 2 aromatic carbocycles. The Balaban J connectivity index is 0.000000330. The maximum atomic E-state index is 10.2. The van der Waals surface area contributed by atoms with E-state index < -0.39 is 5.97 Å². The first-order valence-corrected chi connectivity index (χ1v) is 8.14. The minimum Gasteiger partial charge on any atom is -0.508 e. The summed E-state index contributed by atoms with van der Waals surface area (Å²) in [5.41, 5.74) is 1.42. The van der Waals surface area contributed by atoms with Gasteiger partial charge in [0.1, 0.15) is 5.75 Å². The highest BCUT2D eigenvalue weighted by atomic mass is 35.5. The molecule has 0 aliphatic rings. The number of benzene rings is 2. The lowest BCUT2D eigenvalue weighted by molar-refractivity contribution is 0.0696. The minimum absolute atomic E-state index is 0.0279. The molecule has 0 bridgehead atoms. The van der Waals surface area contributed by atoms with Gasteiger partial charge in [0, 0.05) is 5.88 Å². The third-order valence-corrected chi connectivity index (χ3v) is 3.04. The first-order valence-electron chi connectivity index (χ1n) is 7.61. The Labute approximate surface area is 143 Å². The SMILES string of the molecule is CCCCCCl.Cc1ccccc1.O=C(O)c1cccc(O)c1. The van der Waals surface area contributed by atoms with E-state index in [1.54, 1.807) is 0 Å². The molecule has 0 amide bonds. The minimum atomic E-state index is -1.03. The molecular weight excluding hydrogens is 312 g/mol. The Kier molecular flexibility index (Phi) is 12.5. The van der Waals surface area contributed by atoms with Crippen molar-refractivity contribution in [2.45, 2.75) is 33.1 Å². The predicted octanol–water partition coefficient (Wildman–Crippen LogP) is 5.50. The largest absolute Gasteiger partial charge is 0.508 e. The van der Waals surface area contributed by atoms with Gasteiger partial charge in [-0.05, 0) is 31.5 Å². The van der Waals surface area contributed by atoms with E-state index in [1.165, 1.54) is 49.1 Å². The van der Waals surface area contributed by atoms with Crippen LogP contribution in [0.2, 0.25) is 0 Å². The Hall–Kier alpha value is -2.00. The molecule has 2 rings (SSSR count). The number of unbranched alkanes of at least 4 members (excludes halogenated alkanes) is 2. The van der Waals surface area contributed by atoms with Gasteiger partial charge >= 0.3 is 5.97 Å². The number of aromatic hydroxyl groups is 1. The second-order valence-corrected chi connectivity index (χ2v) is 5.28. The number of alkyl halides is 1. The van der Waals surface area contributed by atoms with Crippen molar-refractivity contribution in [3.05, 3.63) is 65.7 Å². The van der Waals surface area contributed by atoms with E-state index in [1.807, 2.05) is 18.2 Å². The monoisotopic (exact) mass is 336 g/mol. The second-order valence-electron chi connectivity index (χ2n) is 4.91. The lowest BCUT2D eigenvalue weighted by Gasteiger charge is -1.92. The summed E-state index contributed by atoms with van der Waals surface area (Å²) in [6.45, 7) is 4.26. The maximum absolute atomic E-state index is 10.2. The smallest absolute Gasteiger partial charge is 0.335 e. The van der Waals surface area contributed by atoms with E-state index in [9.17, 15) is 4.79 Å². The zero-order valence-corrected chi connectivity index (χ0v) is 14.5. The van der Waals surface area contributed by atoms with Crippen LogP contribution in [-0.4, -0.2) is 22.1 Å². The zero-order valence-electron chi connectivity index (χ0n) is 13.7. The van der Waals surface area contributed by atoms with Crippen molar-refractivity contribution in [3.8, 4) is 5.75 Å². The lowest BCUT2D eigenvalue weighted by atomic mass is 10.2. The molecule has 2 N–H and O–H groups in total. The van der Waals surface area contributed by atoms with E-state index >= 15 is 0 Å². The number of carboxylic acid groups (broad SMARTS) is 1. The molecule has 0 unspecified atom stereocenters. The summed E-state index contributed by atoms with van der Waals surface area (Å²) in [7, 11) is 0. The molecule has 0 aromatic heterocycles. The molecule has 4 heteroatoms. The highest BCUT2D eigenvalue weighted by Gasteiger charge is 2.00. The van der Waals surface area contributed by atoms with Gasteiger partial charge in [-0.1, -0.05) is 61.7 Å². The van der Waals surface area contributed by atoms with Crippen LogP contribution in [-0.2, 0) is 0 Å². The number of carbonyl (C=O) groups is 1. The van der Waals surface area contributed by atoms with Crippen molar-refractivity contribution < 1.29 is 15.0 Å². The number of rotatable bonds is 4. The average molecular weight is 337 g/mol. The number of aryl methyl sites for hydroxylation is 1. The molecule has 0 atom stereocenters. The Morgan fingerprint density at radius 1 is 1.04 bits per heavy atom. The standard InChI is InChI=1S/C7H6O3.C7H8.C5H11Cl/c8-6-3-1-2-5(4-6)7(9)10;1-7-5-3-2-4-6-7;1-2-3-4-5-6/h1-4,8H,(H,9,10);2-6H,1H3;2-5H2,1H3. The van der Waals surface area contributed by atoms with Crippen LogP contribution in [0.25, 0.3) is 0 Å². The van der Waals surface area contributed by atoms with Crippen molar-refractivity contribution in [1.29, 1.82) is 0 Å². The summed E-state index contributed by atoms with van der Waals surface area (Å²) in [4.78, 5) is 10.2. The Bertz CT molecular complexity index is 537. The first-order chi connectivity index (χ1) is 11.0. The van der Waals surface area contributed by atoms with Crippen LogP contribution >= 0.6 is 11.6 Å². The highest BCUT2D eigenvalue weighted by Crippen LogP contribution is 2.09. The first kappa shape index (κ1) is 21.0. The van der Waals surface area contributed by atoms with Crippen LogP contribution in [0, 0.1) is 6.92 Å². The quantitative estimate of drug-likeness (QED) is 0.572. The number of hydrogen-bond donors (Lipinski definition) is 2. The van der Waals surface area contributed by atoms with Crippen LogP contribution in [0.15, 0.2) is 54.6 Å². The van der Waals surface area contributed by atoms with Gasteiger partial charge in [-0.2, -0.15) is 0 Å². The van der Waals surface area contributed by atoms with Gasteiger partial charge in [-0.25, -0.2) is 4.79 Å². The summed E-state index contributed by atoms with van der Waals surface area (Å²) in [5, 5.41) is 17.2. The van der Waals surface area contributed by atoms with Gasteiger partial charge in [-0.15, -0.1) is 11.6 Å². The van der Waals surface area contributed by atoms with Crippen molar-refractivity contribution in [2.24, 2.45) is 0 Å². The molecule has 0 aliphatic carbocycles. The summed E-state index contributed by atoms with van der Waals surface area (Å²) >= 11 is 5.38. The molecule has 0 saturated heterocycles. The summed E-state index contributed by atoms with van der Waals surface area (Å²) in [5.74, 6) is -0.232. The summed E-state index contributed by atoms with van der Waals surface area (Å²) in [6, 6.07) is 15.8. The van der Waals surface area contributed by atoms with Crippen LogP contribution in [0.4, 0.5) is 0 Å². The van der Waals surface area contributed by atoms with Gasteiger partial charge in [-0.3, -0.25) is 0 Å². The molecule has 3 nitrogen and oxygen atoms in total.